The number of carbonyl (C=O) groups is 2. The lowest BCUT2D eigenvalue weighted by molar-refractivity contribution is -0.139. The van der Waals surface area contributed by atoms with E-state index in [1.165, 1.54) is 11.0 Å². The molecule has 37 heavy (non-hydrogen) atoms. The summed E-state index contributed by atoms with van der Waals surface area (Å²) in [6.07, 6.45) is 6.05. The number of rotatable bonds is 9. The number of hydrogen-bond acceptors (Lipinski definition) is 4. The molecule has 1 unspecified atom stereocenters. The first kappa shape index (κ1) is 29.6. The molecular formula is C26H32Cl3N3O4S. The van der Waals surface area contributed by atoms with Gasteiger partial charge in [-0.3, -0.25) is 13.9 Å². The number of anilines is 1. The van der Waals surface area contributed by atoms with Gasteiger partial charge in [-0.2, -0.15) is 0 Å². The maximum absolute atomic E-state index is 13.7. The molecule has 1 fully saturated rings. The zero-order valence-corrected chi connectivity index (χ0v) is 24.2. The second-order valence-electron chi connectivity index (χ2n) is 9.48. The molecule has 2 amide bonds. The molecule has 202 valence electrons. The highest BCUT2D eigenvalue weighted by Crippen LogP contribution is 2.27. The predicted molar refractivity (Wildman–Crippen MR) is 150 cm³/mol. The van der Waals surface area contributed by atoms with Crippen molar-refractivity contribution in [3.63, 3.8) is 0 Å². The summed E-state index contributed by atoms with van der Waals surface area (Å²) in [6.45, 7) is 2.92. The molecule has 3 rings (SSSR count). The van der Waals surface area contributed by atoms with Crippen LogP contribution in [0.2, 0.25) is 15.1 Å². The van der Waals surface area contributed by atoms with Gasteiger partial charge < -0.3 is 10.2 Å². The Balaban J connectivity index is 1.91. The lowest BCUT2D eigenvalue weighted by atomic mass is 9.95. The summed E-state index contributed by atoms with van der Waals surface area (Å²) in [7, 11) is -3.85. The Morgan fingerprint density at radius 3 is 2.30 bits per heavy atom. The van der Waals surface area contributed by atoms with Gasteiger partial charge in [0.15, 0.2) is 0 Å². The Morgan fingerprint density at radius 1 is 1.03 bits per heavy atom. The Hall–Kier alpha value is -2.00. The Kier molecular flexibility index (Phi) is 10.1. The van der Waals surface area contributed by atoms with Crippen LogP contribution in [0.15, 0.2) is 36.4 Å². The van der Waals surface area contributed by atoms with Crippen molar-refractivity contribution in [2.24, 2.45) is 0 Å². The van der Waals surface area contributed by atoms with E-state index in [0.29, 0.717) is 20.6 Å². The van der Waals surface area contributed by atoms with Crippen molar-refractivity contribution in [3.8, 4) is 0 Å². The average molecular weight is 589 g/mol. The van der Waals surface area contributed by atoms with Crippen molar-refractivity contribution >= 4 is 62.3 Å². The third kappa shape index (κ3) is 7.99. The van der Waals surface area contributed by atoms with E-state index in [1.54, 1.807) is 44.2 Å². The van der Waals surface area contributed by atoms with Gasteiger partial charge in [0.2, 0.25) is 21.8 Å². The molecule has 7 nitrogen and oxygen atoms in total. The summed E-state index contributed by atoms with van der Waals surface area (Å²) in [5.41, 5.74) is 1.62. The van der Waals surface area contributed by atoms with Crippen LogP contribution in [0, 0.1) is 6.92 Å². The summed E-state index contributed by atoms with van der Waals surface area (Å²) >= 11 is 18.6. The fraction of sp³-hybridized carbons (Fsp3) is 0.462. The van der Waals surface area contributed by atoms with Crippen LogP contribution in [0.3, 0.4) is 0 Å². The highest BCUT2D eigenvalue weighted by Gasteiger charge is 2.31. The normalized spacial score (nSPS) is 15.2. The summed E-state index contributed by atoms with van der Waals surface area (Å²) in [6, 6.07) is 8.86. The third-order valence-corrected chi connectivity index (χ3v) is 8.73. The van der Waals surface area contributed by atoms with Crippen LogP contribution in [0.1, 0.15) is 50.2 Å². The first-order valence-electron chi connectivity index (χ1n) is 12.1. The fourth-order valence-corrected chi connectivity index (χ4v) is 5.82. The Morgan fingerprint density at radius 2 is 1.70 bits per heavy atom. The van der Waals surface area contributed by atoms with E-state index in [1.807, 2.05) is 0 Å². The van der Waals surface area contributed by atoms with Crippen molar-refractivity contribution in [3.05, 3.63) is 62.6 Å². The first-order chi connectivity index (χ1) is 17.4. The van der Waals surface area contributed by atoms with E-state index in [2.05, 4.69) is 5.32 Å². The highest BCUT2D eigenvalue weighted by atomic mass is 35.5. The van der Waals surface area contributed by atoms with Gasteiger partial charge in [-0.05, 0) is 62.1 Å². The maximum atomic E-state index is 13.7. The van der Waals surface area contributed by atoms with Gasteiger partial charge in [0.05, 0.1) is 11.9 Å². The standard InChI is InChI=1S/C26H32Cl3N3O4S/c1-17-9-12-22(14-23(17)28)32(37(3,35)36)16-25(33)31(15-19-10-11-20(27)13-24(19)29)18(2)26(34)30-21-7-5-4-6-8-21/h9-14,18,21H,4-8,15-16H2,1-3H3,(H,30,34). The smallest absolute Gasteiger partial charge is 0.244 e. The van der Waals surface area contributed by atoms with Crippen LogP contribution in [-0.2, 0) is 26.2 Å². The molecule has 0 bridgehead atoms. The van der Waals surface area contributed by atoms with Gasteiger partial charge in [-0.25, -0.2) is 8.42 Å². The first-order valence-corrected chi connectivity index (χ1v) is 15.1. The molecule has 1 aliphatic rings. The van der Waals surface area contributed by atoms with Gasteiger partial charge in [0.1, 0.15) is 12.6 Å². The predicted octanol–water partition coefficient (Wildman–Crippen LogP) is 5.59. The summed E-state index contributed by atoms with van der Waals surface area (Å²) in [5.74, 6) is -0.853. The van der Waals surface area contributed by atoms with Crippen LogP contribution >= 0.6 is 34.8 Å². The molecule has 1 atom stereocenters. The molecule has 0 aliphatic heterocycles. The largest absolute Gasteiger partial charge is 0.352 e. The lowest BCUT2D eigenvalue weighted by Gasteiger charge is -2.33. The molecule has 0 heterocycles. The monoisotopic (exact) mass is 587 g/mol. The van der Waals surface area contributed by atoms with Crippen LogP contribution < -0.4 is 9.62 Å². The molecule has 0 aromatic heterocycles. The van der Waals surface area contributed by atoms with Crippen LogP contribution in [0.25, 0.3) is 0 Å². The van der Waals surface area contributed by atoms with Gasteiger partial charge in [0, 0.05) is 27.7 Å². The van der Waals surface area contributed by atoms with E-state index in [0.717, 1.165) is 48.2 Å². The second kappa shape index (κ2) is 12.7. The quantitative estimate of drug-likeness (QED) is 0.414. The number of amides is 2. The number of nitrogens with one attached hydrogen (secondary N) is 1. The zero-order chi connectivity index (χ0) is 27.3. The van der Waals surface area contributed by atoms with Gasteiger partial charge in [0.25, 0.3) is 0 Å². The maximum Gasteiger partial charge on any atom is 0.244 e. The SMILES string of the molecule is Cc1ccc(N(CC(=O)N(Cc2ccc(Cl)cc2Cl)C(C)C(=O)NC2CCCCC2)S(C)(=O)=O)cc1Cl. The number of carbonyl (C=O) groups excluding carboxylic acids is 2. The molecule has 1 aliphatic carbocycles. The summed E-state index contributed by atoms with van der Waals surface area (Å²) in [5, 5.41) is 4.22. The number of halogens is 3. The van der Waals surface area contributed by atoms with Gasteiger partial charge in [-0.15, -0.1) is 0 Å². The van der Waals surface area contributed by atoms with Gasteiger partial charge >= 0.3 is 0 Å². The molecular weight excluding hydrogens is 557 g/mol. The van der Waals surface area contributed by atoms with Crippen LogP contribution in [-0.4, -0.2) is 50.0 Å². The Bertz CT molecular complexity index is 1250. The van der Waals surface area contributed by atoms with Crippen LogP contribution in [0.4, 0.5) is 5.69 Å². The molecule has 0 spiro atoms. The van der Waals surface area contributed by atoms with Crippen LogP contribution in [0.5, 0.6) is 0 Å². The minimum Gasteiger partial charge on any atom is -0.352 e. The summed E-state index contributed by atoms with van der Waals surface area (Å²) < 4.78 is 26.4. The second-order valence-corrected chi connectivity index (χ2v) is 12.6. The minimum absolute atomic E-state index is 0.000342. The Labute approximate surface area is 234 Å². The number of benzene rings is 2. The fourth-order valence-electron chi connectivity index (χ4n) is 4.34. The number of aryl methyl sites for hydroxylation is 1. The number of nitrogens with zero attached hydrogens (tertiary/aromatic N) is 2. The molecule has 11 heteroatoms. The third-order valence-electron chi connectivity index (χ3n) is 6.60. The molecule has 2 aromatic rings. The van der Waals surface area contributed by atoms with Crippen molar-refractivity contribution in [1.82, 2.24) is 10.2 Å². The highest BCUT2D eigenvalue weighted by molar-refractivity contribution is 7.92. The lowest BCUT2D eigenvalue weighted by Crippen LogP contribution is -2.53. The topological polar surface area (TPSA) is 86.8 Å². The molecule has 2 aromatic carbocycles. The van der Waals surface area contributed by atoms with Crippen molar-refractivity contribution in [1.29, 1.82) is 0 Å². The van der Waals surface area contributed by atoms with Crippen molar-refractivity contribution in [2.45, 2.75) is 64.6 Å². The van der Waals surface area contributed by atoms with Gasteiger partial charge in [-0.1, -0.05) is 66.2 Å². The van der Waals surface area contributed by atoms with E-state index >= 15 is 0 Å². The van der Waals surface area contributed by atoms with E-state index in [-0.39, 0.29) is 24.2 Å². The van der Waals surface area contributed by atoms with Crippen molar-refractivity contribution < 1.29 is 18.0 Å². The zero-order valence-electron chi connectivity index (χ0n) is 21.1. The molecule has 1 saturated carbocycles. The molecule has 1 N–H and O–H groups in total. The number of sulfonamides is 1. The molecule has 0 saturated heterocycles. The summed E-state index contributed by atoms with van der Waals surface area (Å²) in [4.78, 5) is 28.2. The van der Waals surface area contributed by atoms with E-state index < -0.39 is 28.5 Å². The minimum atomic E-state index is -3.85. The average Bonchev–Trinajstić information content (AvgIpc) is 2.83. The van der Waals surface area contributed by atoms with E-state index in [9.17, 15) is 18.0 Å². The number of hydrogen-bond donors (Lipinski definition) is 1. The van der Waals surface area contributed by atoms with Crippen molar-refractivity contribution in [2.75, 3.05) is 17.1 Å². The van der Waals surface area contributed by atoms with E-state index in [4.69, 9.17) is 34.8 Å². The molecule has 0 radical (unpaired) electrons.